The zero-order valence-corrected chi connectivity index (χ0v) is 11.8. The van der Waals surface area contributed by atoms with Crippen LogP contribution in [0.25, 0.3) is 0 Å². The lowest BCUT2D eigenvalue weighted by atomic mass is 10.3. The summed E-state index contributed by atoms with van der Waals surface area (Å²) in [6, 6.07) is 3.95. The van der Waals surface area contributed by atoms with E-state index in [0.717, 1.165) is 14.4 Å². The molecule has 2 nitrogen and oxygen atoms in total. The fourth-order valence-electron chi connectivity index (χ4n) is 1.23. The number of aryl methyl sites for hydroxylation is 1. The second-order valence-electron chi connectivity index (χ2n) is 3.24. The molecule has 0 radical (unpaired) electrons. The van der Waals surface area contributed by atoms with Crippen molar-refractivity contribution in [1.29, 1.82) is 0 Å². The van der Waals surface area contributed by atoms with Crippen LogP contribution in [0.5, 0.6) is 0 Å². The van der Waals surface area contributed by atoms with Gasteiger partial charge >= 0.3 is 0 Å². The van der Waals surface area contributed by atoms with Gasteiger partial charge in [-0.25, -0.2) is 4.98 Å². The molecular weight excluding hydrogens is 280 g/mol. The molecule has 1 unspecified atom stereocenters. The molecule has 0 aliphatic carbocycles. The predicted molar refractivity (Wildman–Crippen MR) is 73.8 cm³/mol. The van der Waals surface area contributed by atoms with Gasteiger partial charge in [0.1, 0.15) is 0 Å². The third kappa shape index (κ3) is 2.99. The van der Waals surface area contributed by atoms with E-state index in [1.54, 1.807) is 34.4 Å². The molecular formula is C10H11ClN2S3. The summed E-state index contributed by atoms with van der Waals surface area (Å²) in [6.45, 7) is 2.60. The molecule has 86 valence electrons. The van der Waals surface area contributed by atoms with Gasteiger partial charge in [0.2, 0.25) is 0 Å². The Morgan fingerprint density at radius 2 is 2.38 bits per heavy atom. The highest BCUT2D eigenvalue weighted by molar-refractivity contribution is 8.01. The highest BCUT2D eigenvalue weighted by Gasteiger charge is 2.15. The van der Waals surface area contributed by atoms with Gasteiger partial charge < -0.3 is 5.73 Å². The number of nitrogens with zero attached hydrogens (tertiary/aromatic N) is 1. The van der Waals surface area contributed by atoms with Crippen molar-refractivity contribution in [2.45, 2.75) is 16.5 Å². The Bertz CT molecular complexity index is 466. The van der Waals surface area contributed by atoms with Crippen LogP contribution in [0.2, 0.25) is 4.34 Å². The molecule has 0 aromatic carbocycles. The summed E-state index contributed by atoms with van der Waals surface area (Å²) >= 11 is 10.9. The number of thiophene rings is 1. The zero-order chi connectivity index (χ0) is 11.5. The first kappa shape index (κ1) is 12.4. The average Bonchev–Trinajstić information content (AvgIpc) is 2.84. The van der Waals surface area contributed by atoms with Crippen LogP contribution in [0.15, 0.2) is 21.9 Å². The minimum Gasteiger partial charge on any atom is -0.329 e. The fourth-order valence-corrected chi connectivity index (χ4v) is 4.54. The van der Waals surface area contributed by atoms with Crippen LogP contribution in [0, 0.1) is 6.92 Å². The Balaban J connectivity index is 2.12. The van der Waals surface area contributed by atoms with Crippen molar-refractivity contribution in [3.8, 4) is 0 Å². The summed E-state index contributed by atoms with van der Waals surface area (Å²) in [7, 11) is 0. The number of rotatable bonds is 4. The summed E-state index contributed by atoms with van der Waals surface area (Å²) in [6.07, 6.45) is 0. The Hall–Kier alpha value is -0.0700. The van der Waals surface area contributed by atoms with E-state index in [1.165, 1.54) is 4.88 Å². The summed E-state index contributed by atoms with van der Waals surface area (Å²) < 4.78 is 1.88. The molecule has 0 bridgehead atoms. The van der Waals surface area contributed by atoms with Gasteiger partial charge in [-0.05, 0) is 19.1 Å². The maximum atomic E-state index is 5.92. The fraction of sp³-hybridized carbons (Fsp3) is 0.300. The number of aromatic nitrogens is 1. The first-order chi connectivity index (χ1) is 7.69. The van der Waals surface area contributed by atoms with Gasteiger partial charge in [-0.2, -0.15) is 0 Å². The average molecular weight is 291 g/mol. The van der Waals surface area contributed by atoms with Crippen molar-refractivity contribution < 1.29 is 0 Å². The van der Waals surface area contributed by atoms with Crippen molar-refractivity contribution in [2.24, 2.45) is 5.73 Å². The Morgan fingerprint density at radius 1 is 1.56 bits per heavy atom. The lowest BCUT2D eigenvalue weighted by molar-refractivity contribution is 0.957. The van der Waals surface area contributed by atoms with Crippen LogP contribution in [-0.4, -0.2) is 11.5 Å². The van der Waals surface area contributed by atoms with Crippen LogP contribution >= 0.6 is 46.0 Å². The minimum absolute atomic E-state index is 0.253. The summed E-state index contributed by atoms with van der Waals surface area (Å²) in [5, 5.41) is 2.31. The molecule has 2 rings (SSSR count). The third-order valence-corrected chi connectivity index (χ3v) is 5.81. The molecule has 16 heavy (non-hydrogen) atoms. The van der Waals surface area contributed by atoms with E-state index in [1.807, 2.05) is 19.1 Å². The third-order valence-electron chi connectivity index (χ3n) is 1.97. The Labute approximate surface area is 112 Å². The van der Waals surface area contributed by atoms with E-state index in [-0.39, 0.29) is 5.25 Å². The molecule has 2 aromatic rings. The van der Waals surface area contributed by atoms with Gasteiger partial charge in [0.25, 0.3) is 0 Å². The zero-order valence-electron chi connectivity index (χ0n) is 8.64. The molecule has 0 spiro atoms. The highest BCUT2D eigenvalue weighted by Crippen LogP contribution is 2.39. The number of halogens is 1. The minimum atomic E-state index is 0.253. The smallest absolute Gasteiger partial charge is 0.150 e. The molecule has 0 saturated heterocycles. The van der Waals surface area contributed by atoms with E-state index in [4.69, 9.17) is 17.3 Å². The van der Waals surface area contributed by atoms with Gasteiger partial charge in [-0.3, -0.25) is 0 Å². The number of thioether (sulfide) groups is 1. The molecule has 2 aromatic heterocycles. The van der Waals surface area contributed by atoms with E-state index in [9.17, 15) is 0 Å². The molecule has 0 fully saturated rings. The maximum Gasteiger partial charge on any atom is 0.150 e. The van der Waals surface area contributed by atoms with Crippen LogP contribution in [-0.2, 0) is 0 Å². The molecule has 0 saturated carbocycles. The van der Waals surface area contributed by atoms with Crippen molar-refractivity contribution in [2.75, 3.05) is 6.54 Å². The summed E-state index contributed by atoms with van der Waals surface area (Å²) in [5.41, 5.74) is 6.85. The quantitative estimate of drug-likeness (QED) is 0.866. The Kier molecular flexibility index (Phi) is 4.27. The van der Waals surface area contributed by atoms with Crippen molar-refractivity contribution in [3.63, 3.8) is 0 Å². The molecule has 0 amide bonds. The number of thiazole rings is 1. The van der Waals surface area contributed by atoms with Crippen LogP contribution < -0.4 is 5.73 Å². The normalized spacial score (nSPS) is 12.9. The van der Waals surface area contributed by atoms with Crippen molar-refractivity contribution >= 4 is 46.0 Å². The molecule has 2 N–H and O–H groups in total. The molecule has 1 atom stereocenters. The second kappa shape index (κ2) is 5.51. The predicted octanol–water partition coefficient (Wildman–Crippen LogP) is 3.96. The van der Waals surface area contributed by atoms with E-state index in [2.05, 4.69) is 10.4 Å². The first-order valence-corrected chi connectivity index (χ1v) is 7.68. The number of hydrogen-bond donors (Lipinski definition) is 1. The number of hydrogen-bond acceptors (Lipinski definition) is 5. The molecule has 2 heterocycles. The number of nitrogens with two attached hydrogens (primary N) is 1. The summed E-state index contributed by atoms with van der Waals surface area (Å²) in [4.78, 5) is 5.64. The Morgan fingerprint density at radius 3 is 2.88 bits per heavy atom. The lowest BCUT2D eigenvalue weighted by Crippen LogP contribution is -2.07. The highest BCUT2D eigenvalue weighted by atomic mass is 35.5. The molecule has 0 aliphatic rings. The van der Waals surface area contributed by atoms with Crippen LogP contribution in [0.4, 0.5) is 0 Å². The standard InChI is InChI=1S/C10H11ClN2S3/c1-6-5-14-10(13-6)16-8(4-12)7-2-3-9(11)15-7/h2-3,5,8H,4,12H2,1H3. The van der Waals surface area contributed by atoms with Gasteiger partial charge in [-0.1, -0.05) is 23.4 Å². The van der Waals surface area contributed by atoms with Gasteiger partial charge in [0.15, 0.2) is 4.34 Å². The van der Waals surface area contributed by atoms with Gasteiger partial charge in [-0.15, -0.1) is 22.7 Å². The first-order valence-electron chi connectivity index (χ1n) is 4.73. The van der Waals surface area contributed by atoms with Crippen molar-refractivity contribution in [1.82, 2.24) is 4.98 Å². The topological polar surface area (TPSA) is 38.9 Å². The monoisotopic (exact) mass is 290 g/mol. The van der Waals surface area contributed by atoms with Gasteiger partial charge in [0, 0.05) is 22.5 Å². The molecule has 0 aliphatic heterocycles. The molecule has 6 heteroatoms. The van der Waals surface area contributed by atoms with E-state index >= 15 is 0 Å². The second-order valence-corrected chi connectivity index (χ2v) is 7.29. The largest absolute Gasteiger partial charge is 0.329 e. The summed E-state index contributed by atoms with van der Waals surface area (Å²) in [5.74, 6) is 0. The lowest BCUT2D eigenvalue weighted by Gasteiger charge is -2.09. The van der Waals surface area contributed by atoms with Gasteiger partial charge in [0.05, 0.1) is 9.59 Å². The SMILES string of the molecule is Cc1csc(SC(CN)c2ccc(Cl)s2)n1. The maximum absolute atomic E-state index is 5.92. The van der Waals surface area contributed by atoms with E-state index in [0.29, 0.717) is 6.54 Å². The van der Waals surface area contributed by atoms with Crippen LogP contribution in [0.3, 0.4) is 0 Å². The van der Waals surface area contributed by atoms with Crippen LogP contribution in [0.1, 0.15) is 15.8 Å². The van der Waals surface area contributed by atoms with Crippen molar-refractivity contribution in [3.05, 3.63) is 32.4 Å². The van der Waals surface area contributed by atoms with E-state index < -0.39 is 0 Å².